The predicted molar refractivity (Wildman–Crippen MR) is 106 cm³/mol. The van der Waals surface area contributed by atoms with Crippen molar-refractivity contribution >= 4 is 24.0 Å². The Hall–Kier alpha value is -3.23. The highest BCUT2D eigenvalue weighted by atomic mass is 19.1. The van der Waals surface area contributed by atoms with Gasteiger partial charge in [0.05, 0.1) is 11.3 Å². The molecule has 0 aliphatic carbocycles. The topological polar surface area (TPSA) is 72.9 Å². The van der Waals surface area contributed by atoms with Gasteiger partial charge >= 0.3 is 0 Å². The maximum atomic E-state index is 14.0. The lowest BCUT2D eigenvalue weighted by atomic mass is 10.2. The number of para-hydroxylation sites is 1. The monoisotopic (exact) mass is 398 g/mol. The van der Waals surface area contributed by atoms with Gasteiger partial charge in [0.25, 0.3) is 5.91 Å². The van der Waals surface area contributed by atoms with Gasteiger partial charge in [-0.05, 0) is 12.1 Å². The number of hydrogen-bond donors (Lipinski definition) is 0. The summed E-state index contributed by atoms with van der Waals surface area (Å²) < 4.78 is 14.0. The molecular formula is C20H23FN6O2. The first-order valence-electron chi connectivity index (χ1n) is 9.71. The number of rotatable bonds is 4. The van der Waals surface area contributed by atoms with Crippen molar-refractivity contribution in [3.63, 3.8) is 0 Å². The molecule has 2 aromatic rings. The number of amides is 2. The van der Waals surface area contributed by atoms with Crippen LogP contribution < -0.4 is 9.80 Å². The van der Waals surface area contributed by atoms with Crippen LogP contribution in [0.2, 0.25) is 0 Å². The van der Waals surface area contributed by atoms with E-state index in [9.17, 15) is 14.0 Å². The normalized spacial score (nSPS) is 17.4. The molecule has 8 nitrogen and oxygen atoms in total. The summed E-state index contributed by atoms with van der Waals surface area (Å²) in [6.45, 7) is 4.80. The third-order valence-electron chi connectivity index (χ3n) is 5.39. The third-order valence-corrected chi connectivity index (χ3v) is 5.39. The molecule has 0 radical (unpaired) electrons. The van der Waals surface area contributed by atoms with Crippen LogP contribution in [0, 0.1) is 5.82 Å². The molecule has 0 unspecified atom stereocenters. The lowest BCUT2D eigenvalue weighted by Crippen LogP contribution is -2.49. The second-order valence-electron chi connectivity index (χ2n) is 7.13. The number of nitrogens with zero attached hydrogens (tertiary/aromatic N) is 6. The molecule has 4 rings (SSSR count). The Labute approximate surface area is 168 Å². The SMILES string of the molecule is O=CN1CCN(c2ncc(C(=O)N3CCN(c4ccccc4F)CC3)cn2)CC1. The average Bonchev–Trinajstić information content (AvgIpc) is 2.79. The Kier molecular flexibility index (Phi) is 5.55. The Morgan fingerprint density at radius 1 is 0.897 bits per heavy atom. The van der Waals surface area contributed by atoms with E-state index in [2.05, 4.69) is 9.97 Å². The smallest absolute Gasteiger partial charge is 0.257 e. The van der Waals surface area contributed by atoms with Gasteiger partial charge in [-0.2, -0.15) is 0 Å². The third kappa shape index (κ3) is 4.13. The summed E-state index contributed by atoms with van der Waals surface area (Å²) in [4.78, 5) is 39.7. The van der Waals surface area contributed by atoms with Crippen molar-refractivity contribution in [1.82, 2.24) is 19.8 Å². The molecule has 2 fully saturated rings. The van der Waals surface area contributed by atoms with E-state index in [1.165, 1.54) is 6.07 Å². The molecule has 152 valence electrons. The molecule has 9 heteroatoms. The largest absolute Gasteiger partial charge is 0.366 e. The van der Waals surface area contributed by atoms with E-state index in [0.29, 0.717) is 69.6 Å². The van der Waals surface area contributed by atoms with Crippen molar-refractivity contribution in [2.24, 2.45) is 0 Å². The van der Waals surface area contributed by atoms with E-state index in [4.69, 9.17) is 0 Å². The van der Waals surface area contributed by atoms with Gasteiger partial charge in [0.15, 0.2) is 0 Å². The standard InChI is InChI=1S/C20H23FN6O2/c21-17-3-1-2-4-18(17)25-9-11-26(12-10-25)19(29)16-13-22-20(23-14-16)27-7-5-24(15-28)6-8-27/h1-4,13-15H,5-12H2. The first-order valence-corrected chi connectivity index (χ1v) is 9.71. The molecule has 0 bridgehead atoms. The van der Waals surface area contributed by atoms with Crippen LogP contribution in [0.4, 0.5) is 16.0 Å². The summed E-state index contributed by atoms with van der Waals surface area (Å²) >= 11 is 0. The number of hydrogen-bond acceptors (Lipinski definition) is 6. The number of carbonyl (C=O) groups excluding carboxylic acids is 2. The molecule has 2 amide bonds. The Morgan fingerprint density at radius 2 is 1.52 bits per heavy atom. The molecule has 2 saturated heterocycles. The second kappa shape index (κ2) is 8.42. The van der Waals surface area contributed by atoms with Gasteiger partial charge in [-0.1, -0.05) is 12.1 Å². The minimum Gasteiger partial charge on any atom is -0.366 e. The van der Waals surface area contributed by atoms with Crippen LogP contribution in [0.3, 0.4) is 0 Å². The van der Waals surface area contributed by atoms with Gasteiger partial charge in [-0.3, -0.25) is 9.59 Å². The molecule has 2 aliphatic rings. The summed E-state index contributed by atoms with van der Waals surface area (Å²) in [5.41, 5.74) is 1.02. The zero-order valence-electron chi connectivity index (χ0n) is 16.1. The van der Waals surface area contributed by atoms with Crippen LogP contribution in [0.15, 0.2) is 36.7 Å². The number of anilines is 2. The quantitative estimate of drug-likeness (QED) is 0.712. The number of aromatic nitrogens is 2. The lowest BCUT2D eigenvalue weighted by Gasteiger charge is -2.36. The molecular weight excluding hydrogens is 375 g/mol. The van der Waals surface area contributed by atoms with E-state index in [1.807, 2.05) is 15.9 Å². The summed E-state index contributed by atoms with van der Waals surface area (Å²) in [5.74, 6) is 0.206. The van der Waals surface area contributed by atoms with E-state index < -0.39 is 0 Å². The zero-order valence-corrected chi connectivity index (χ0v) is 16.1. The van der Waals surface area contributed by atoms with Crippen molar-refractivity contribution in [2.75, 3.05) is 62.2 Å². The van der Waals surface area contributed by atoms with Crippen LogP contribution >= 0.6 is 0 Å². The van der Waals surface area contributed by atoms with Gasteiger partial charge < -0.3 is 19.6 Å². The fraction of sp³-hybridized carbons (Fsp3) is 0.400. The molecule has 0 spiro atoms. The second-order valence-corrected chi connectivity index (χ2v) is 7.13. The maximum Gasteiger partial charge on any atom is 0.257 e. The van der Waals surface area contributed by atoms with Crippen molar-refractivity contribution in [3.05, 3.63) is 48.0 Å². The highest BCUT2D eigenvalue weighted by molar-refractivity contribution is 5.93. The fourth-order valence-corrected chi connectivity index (χ4v) is 3.66. The van der Waals surface area contributed by atoms with Gasteiger partial charge in [-0.15, -0.1) is 0 Å². The molecule has 0 saturated carbocycles. The zero-order chi connectivity index (χ0) is 20.2. The van der Waals surface area contributed by atoms with Crippen LogP contribution in [-0.2, 0) is 4.79 Å². The average molecular weight is 398 g/mol. The highest BCUT2D eigenvalue weighted by Gasteiger charge is 2.24. The Bertz CT molecular complexity index is 862. The van der Waals surface area contributed by atoms with Crippen molar-refractivity contribution < 1.29 is 14.0 Å². The van der Waals surface area contributed by atoms with E-state index in [0.717, 1.165) is 6.41 Å². The predicted octanol–water partition coefficient (Wildman–Crippen LogP) is 0.856. The van der Waals surface area contributed by atoms with Gasteiger partial charge in [0.1, 0.15) is 5.82 Å². The Morgan fingerprint density at radius 3 is 2.14 bits per heavy atom. The van der Waals surface area contributed by atoms with Gasteiger partial charge in [0, 0.05) is 64.8 Å². The highest BCUT2D eigenvalue weighted by Crippen LogP contribution is 2.21. The maximum absolute atomic E-state index is 14.0. The first kappa shape index (κ1) is 19.1. The molecule has 1 aromatic heterocycles. The van der Waals surface area contributed by atoms with E-state index in [1.54, 1.807) is 34.3 Å². The number of halogens is 1. The summed E-state index contributed by atoms with van der Waals surface area (Å²) in [6, 6.07) is 6.69. The minimum absolute atomic E-state index is 0.115. The van der Waals surface area contributed by atoms with Crippen LogP contribution in [0.25, 0.3) is 0 Å². The fourth-order valence-electron chi connectivity index (χ4n) is 3.66. The molecule has 2 aliphatic heterocycles. The van der Waals surface area contributed by atoms with Gasteiger partial charge in [-0.25, -0.2) is 14.4 Å². The lowest BCUT2D eigenvalue weighted by molar-refractivity contribution is -0.118. The summed E-state index contributed by atoms with van der Waals surface area (Å²) in [5, 5.41) is 0. The van der Waals surface area contributed by atoms with Crippen molar-refractivity contribution in [3.8, 4) is 0 Å². The van der Waals surface area contributed by atoms with Crippen molar-refractivity contribution in [2.45, 2.75) is 0 Å². The minimum atomic E-state index is -0.245. The molecule has 29 heavy (non-hydrogen) atoms. The van der Waals surface area contributed by atoms with E-state index >= 15 is 0 Å². The molecule has 3 heterocycles. The van der Waals surface area contributed by atoms with Gasteiger partial charge in [0.2, 0.25) is 12.4 Å². The summed E-state index contributed by atoms with van der Waals surface area (Å²) in [7, 11) is 0. The Balaban J connectivity index is 1.34. The summed E-state index contributed by atoms with van der Waals surface area (Å²) in [6.07, 6.45) is 3.96. The first-order chi connectivity index (χ1) is 14.2. The molecule has 1 aromatic carbocycles. The molecule has 0 N–H and O–H groups in total. The van der Waals surface area contributed by atoms with Crippen LogP contribution in [0.5, 0.6) is 0 Å². The number of benzene rings is 1. The van der Waals surface area contributed by atoms with E-state index in [-0.39, 0.29) is 11.7 Å². The van der Waals surface area contributed by atoms with Crippen LogP contribution in [0.1, 0.15) is 10.4 Å². The van der Waals surface area contributed by atoms with Crippen LogP contribution in [-0.4, -0.2) is 84.4 Å². The molecule has 0 atom stereocenters. The number of piperazine rings is 2. The number of carbonyl (C=O) groups is 2. The van der Waals surface area contributed by atoms with Crippen molar-refractivity contribution in [1.29, 1.82) is 0 Å².